The van der Waals surface area contributed by atoms with Gasteiger partial charge in [0.05, 0.1) is 30.7 Å². The monoisotopic (exact) mass is 477 g/mol. The van der Waals surface area contributed by atoms with Gasteiger partial charge in [0.15, 0.2) is 11.9 Å². The molecule has 3 aromatic rings. The van der Waals surface area contributed by atoms with Crippen LogP contribution in [-0.2, 0) is 16.0 Å². The molecule has 2 aromatic heterocycles. The van der Waals surface area contributed by atoms with Gasteiger partial charge in [0, 0.05) is 37.3 Å². The lowest BCUT2D eigenvalue weighted by atomic mass is 10.1. The normalized spacial score (nSPS) is 16.9. The summed E-state index contributed by atoms with van der Waals surface area (Å²) in [5.74, 6) is 0.549. The number of aldehydes is 1. The van der Waals surface area contributed by atoms with Crippen molar-refractivity contribution in [3.63, 3.8) is 0 Å². The Bertz CT molecular complexity index is 1240. The maximum atomic E-state index is 13.2. The van der Waals surface area contributed by atoms with Gasteiger partial charge in [-0.1, -0.05) is 18.2 Å². The minimum absolute atomic E-state index is 0.0276. The standard InChI is InChI=1S/C26H31N5O4/c1-26(2,3)35-25(33)30(21-7-8-21)23-14-22(28-24-20(17-32)15-27-31(23)24)19-6-4-5-18(13-19)16-29-9-11-34-12-10-29/h4-6,13-15,17,21H,7-12,16H2,1-3H3. The molecule has 1 aromatic carbocycles. The average molecular weight is 478 g/mol. The largest absolute Gasteiger partial charge is 0.443 e. The van der Waals surface area contributed by atoms with Crippen molar-refractivity contribution in [2.75, 3.05) is 31.2 Å². The molecular weight excluding hydrogens is 446 g/mol. The maximum Gasteiger partial charge on any atom is 0.416 e. The number of hydrogen-bond acceptors (Lipinski definition) is 7. The number of fused-ring (bicyclic) bond motifs is 1. The van der Waals surface area contributed by atoms with Gasteiger partial charge in [-0.3, -0.25) is 14.6 Å². The molecule has 9 nitrogen and oxygen atoms in total. The van der Waals surface area contributed by atoms with Crippen molar-refractivity contribution in [1.29, 1.82) is 0 Å². The number of nitrogens with zero attached hydrogens (tertiary/aromatic N) is 5. The van der Waals surface area contributed by atoms with Crippen LogP contribution >= 0.6 is 0 Å². The highest BCUT2D eigenvalue weighted by molar-refractivity contribution is 5.91. The van der Waals surface area contributed by atoms with E-state index in [4.69, 9.17) is 14.5 Å². The Kier molecular flexibility index (Phi) is 6.29. The molecule has 0 unspecified atom stereocenters. The molecule has 9 heteroatoms. The van der Waals surface area contributed by atoms with E-state index in [0.29, 0.717) is 22.7 Å². The first kappa shape index (κ1) is 23.4. The van der Waals surface area contributed by atoms with E-state index < -0.39 is 11.7 Å². The SMILES string of the molecule is CC(C)(C)OC(=O)N(c1cc(-c2cccc(CN3CCOCC3)c2)nc2c(C=O)cnn12)C1CC1. The lowest BCUT2D eigenvalue weighted by Gasteiger charge is -2.28. The van der Waals surface area contributed by atoms with Crippen LogP contribution in [0.15, 0.2) is 36.5 Å². The van der Waals surface area contributed by atoms with E-state index in [2.05, 4.69) is 22.1 Å². The molecule has 0 atom stereocenters. The summed E-state index contributed by atoms with van der Waals surface area (Å²) in [5, 5.41) is 4.38. The number of amides is 1. The fourth-order valence-electron chi connectivity index (χ4n) is 4.29. The van der Waals surface area contributed by atoms with Crippen LogP contribution in [0.2, 0.25) is 0 Å². The fourth-order valence-corrected chi connectivity index (χ4v) is 4.29. The number of hydrogen-bond donors (Lipinski definition) is 0. The molecule has 3 heterocycles. The molecule has 1 saturated carbocycles. The summed E-state index contributed by atoms with van der Waals surface area (Å²) in [6.07, 6.45) is 3.57. The molecule has 35 heavy (non-hydrogen) atoms. The topological polar surface area (TPSA) is 89.3 Å². The quantitative estimate of drug-likeness (QED) is 0.497. The smallest absolute Gasteiger partial charge is 0.416 e. The first-order valence-electron chi connectivity index (χ1n) is 12.1. The lowest BCUT2D eigenvalue weighted by molar-refractivity contribution is 0.0342. The van der Waals surface area contributed by atoms with Crippen molar-refractivity contribution < 1.29 is 19.1 Å². The van der Waals surface area contributed by atoms with Crippen LogP contribution in [0, 0.1) is 0 Å². The number of morpholine rings is 1. The van der Waals surface area contributed by atoms with Crippen LogP contribution in [0.5, 0.6) is 0 Å². The van der Waals surface area contributed by atoms with Gasteiger partial charge in [0.2, 0.25) is 0 Å². The molecule has 1 amide bonds. The van der Waals surface area contributed by atoms with Crippen LogP contribution in [0.1, 0.15) is 49.5 Å². The van der Waals surface area contributed by atoms with Gasteiger partial charge in [-0.05, 0) is 45.2 Å². The third-order valence-corrected chi connectivity index (χ3v) is 6.09. The van der Waals surface area contributed by atoms with Crippen LogP contribution in [0.4, 0.5) is 10.6 Å². The molecule has 0 spiro atoms. The van der Waals surface area contributed by atoms with Crippen LogP contribution in [0.3, 0.4) is 0 Å². The molecule has 1 saturated heterocycles. The van der Waals surface area contributed by atoms with Crippen molar-refractivity contribution in [3.05, 3.63) is 47.7 Å². The Morgan fingerprint density at radius 2 is 2.00 bits per heavy atom. The molecule has 184 valence electrons. The summed E-state index contributed by atoms with van der Waals surface area (Å²) in [6.45, 7) is 9.68. The van der Waals surface area contributed by atoms with Gasteiger partial charge >= 0.3 is 6.09 Å². The highest BCUT2D eigenvalue weighted by Gasteiger charge is 2.38. The molecule has 2 aliphatic rings. The molecule has 0 bridgehead atoms. The number of anilines is 1. The van der Waals surface area contributed by atoms with Gasteiger partial charge in [0.1, 0.15) is 11.4 Å². The summed E-state index contributed by atoms with van der Waals surface area (Å²) in [4.78, 5) is 33.8. The molecule has 0 N–H and O–H groups in total. The van der Waals surface area contributed by atoms with Crippen molar-refractivity contribution in [3.8, 4) is 11.3 Å². The molecule has 2 fully saturated rings. The Morgan fingerprint density at radius 1 is 1.23 bits per heavy atom. The van der Waals surface area contributed by atoms with Crippen molar-refractivity contribution in [2.24, 2.45) is 0 Å². The number of carbonyl (C=O) groups excluding carboxylic acids is 2. The predicted octanol–water partition coefficient (Wildman–Crippen LogP) is 3.94. The van der Waals surface area contributed by atoms with Gasteiger partial charge in [-0.2, -0.15) is 9.61 Å². The van der Waals surface area contributed by atoms with E-state index in [9.17, 15) is 9.59 Å². The van der Waals surface area contributed by atoms with Gasteiger partial charge in [-0.25, -0.2) is 9.78 Å². The van der Waals surface area contributed by atoms with Crippen molar-refractivity contribution in [1.82, 2.24) is 19.5 Å². The van der Waals surface area contributed by atoms with Crippen LogP contribution in [0.25, 0.3) is 16.9 Å². The minimum Gasteiger partial charge on any atom is -0.443 e. The van der Waals surface area contributed by atoms with Gasteiger partial charge in [0.25, 0.3) is 0 Å². The van der Waals surface area contributed by atoms with Crippen LogP contribution < -0.4 is 4.90 Å². The summed E-state index contributed by atoms with van der Waals surface area (Å²) in [6, 6.07) is 10.1. The second kappa shape index (κ2) is 9.39. The van der Waals surface area contributed by atoms with E-state index >= 15 is 0 Å². The summed E-state index contributed by atoms with van der Waals surface area (Å²) in [5.41, 5.74) is 2.91. The molecule has 0 radical (unpaired) electrons. The first-order valence-corrected chi connectivity index (χ1v) is 12.1. The molecule has 1 aliphatic carbocycles. The summed E-state index contributed by atoms with van der Waals surface area (Å²) in [7, 11) is 0. The number of rotatable bonds is 6. The van der Waals surface area contributed by atoms with E-state index in [0.717, 1.165) is 57.5 Å². The molecule has 5 rings (SSSR count). The summed E-state index contributed by atoms with van der Waals surface area (Å²) >= 11 is 0. The summed E-state index contributed by atoms with van der Waals surface area (Å²) < 4.78 is 12.8. The Morgan fingerprint density at radius 3 is 2.69 bits per heavy atom. The Labute approximate surface area is 204 Å². The van der Waals surface area contributed by atoms with Gasteiger partial charge in [-0.15, -0.1) is 0 Å². The zero-order valence-electron chi connectivity index (χ0n) is 20.4. The van der Waals surface area contributed by atoms with Crippen molar-refractivity contribution >= 4 is 23.8 Å². The van der Waals surface area contributed by atoms with E-state index in [1.807, 2.05) is 39.0 Å². The van der Waals surface area contributed by atoms with E-state index in [1.54, 1.807) is 9.42 Å². The zero-order chi connectivity index (χ0) is 24.6. The maximum absolute atomic E-state index is 13.2. The second-order valence-corrected chi connectivity index (χ2v) is 10.1. The third-order valence-electron chi connectivity index (χ3n) is 6.09. The molecule has 1 aliphatic heterocycles. The number of ether oxygens (including phenoxy) is 2. The number of aromatic nitrogens is 3. The first-order chi connectivity index (χ1) is 16.8. The average Bonchev–Trinajstić information content (AvgIpc) is 3.56. The highest BCUT2D eigenvalue weighted by atomic mass is 16.6. The lowest BCUT2D eigenvalue weighted by Crippen LogP contribution is -2.39. The van der Waals surface area contributed by atoms with E-state index in [-0.39, 0.29) is 6.04 Å². The predicted molar refractivity (Wildman–Crippen MR) is 132 cm³/mol. The zero-order valence-corrected chi connectivity index (χ0v) is 20.4. The third kappa shape index (κ3) is 5.21. The highest BCUT2D eigenvalue weighted by Crippen LogP contribution is 2.35. The molecular formula is C26H31N5O4. The number of carbonyl (C=O) groups is 2. The van der Waals surface area contributed by atoms with Gasteiger partial charge < -0.3 is 9.47 Å². The van der Waals surface area contributed by atoms with E-state index in [1.165, 1.54) is 11.8 Å². The Hall–Kier alpha value is -3.30. The van der Waals surface area contributed by atoms with Crippen molar-refractivity contribution in [2.45, 2.75) is 51.8 Å². The second-order valence-electron chi connectivity index (χ2n) is 10.1. The fraction of sp³-hybridized carbons (Fsp3) is 0.462. The Balaban J connectivity index is 1.56. The number of benzene rings is 1. The van der Waals surface area contributed by atoms with Crippen LogP contribution in [-0.4, -0.2) is 69.8 Å². The minimum atomic E-state index is -0.634.